The van der Waals surface area contributed by atoms with Crippen molar-refractivity contribution in [2.24, 2.45) is 0 Å². The maximum Gasteiger partial charge on any atom is 0.225 e. The van der Waals surface area contributed by atoms with Gasteiger partial charge in [-0.25, -0.2) is 9.07 Å². The van der Waals surface area contributed by atoms with Crippen LogP contribution in [0.5, 0.6) is 0 Å². The lowest BCUT2D eigenvalue weighted by Crippen LogP contribution is -2.10. The Labute approximate surface area is 89.3 Å². The molecule has 6 heteroatoms. The van der Waals surface area contributed by atoms with E-state index in [1.807, 2.05) is 6.92 Å². The number of carbonyl (C=O) groups excluding carboxylic acids is 1. The van der Waals surface area contributed by atoms with Gasteiger partial charge in [0.05, 0.1) is 6.20 Å². The first-order valence-electron chi connectivity index (χ1n) is 4.40. The van der Waals surface area contributed by atoms with Crippen LogP contribution in [0.3, 0.4) is 0 Å². The lowest BCUT2D eigenvalue weighted by molar-refractivity contribution is 0.102. The summed E-state index contributed by atoms with van der Waals surface area (Å²) in [6.07, 6.45) is 1.35. The number of carbonyl (C=O) groups is 1. The molecule has 0 spiro atoms. The molecule has 0 aliphatic heterocycles. The summed E-state index contributed by atoms with van der Waals surface area (Å²) in [6.45, 7) is 2.38. The smallest absolute Gasteiger partial charge is 0.225 e. The van der Waals surface area contributed by atoms with Crippen molar-refractivity contribution in [1.82, 2.24) is 15.0 Å². The van der Waals surface area contributed by atoms with E-state index in [1.165, 1.54) is 16.9 Å². The molecule has 0 aliphatic carbocycles. The Morgan fingerprint density at radius 2 is 2.47 bits per heavy atom. The van der Waals surface area contributed by atoms with Gasteiger partial charge in [0.2, 0.25) is 5.78 Å². The van der Waals surface area contributed by atoms with E-state index in [4.69, 9.17) is 0 Å². The molecule has 2 heterocycles. The van der Waals surface area contributed by atoms with Crippen LogP contribution in [0.1, 0.15) is 22.3 Å². The molecule has 0 bridgehead atoms. The minimum Gasteiger partial charge on any atom is -0.286 e. The molecule has 0 saturated heterocycles. The fraction of sp³-hybridized carbons (Fsp3) is 0.222. The zero-order chi connectivity index (χ0) is 10.8. The van der Waals surface area contributed by atoms with E-state index in [2.05, 4.69) is 10.3 Å². The van der Waals surface area contributed by atoms with Gasteiger partial charge < -0.3 is 0 Å². The molecule has 0 aromatic carbocycles. The Kier molecular flexibility index (Phi) is 2.59. The van der Waals surface area contributed by atoms with Crippen LogP contribution in [0, 0.1) is 5.82 Å². The van der Waals surface area contributed by atoms with Crippen LogP contribution in [0.25, 0.3) is 0 Å². The number of thiophene rings is 1. The highest BCUT2D eigenvalue weighted by Crippen LogP contribution is 2.18. The molecule has 0 aliphatic rings. The predicted octanol–water partition coefficient (Wildman–Crippen LogP) is 1.73. The number of nitrogens with zero attached hydrogens (tertiary/aromatic N) is 3. The summed E-state index contributed by atoms with van der Waals surface area (Å²) in [6, 6.07) is 1.28. The van der Waals surface area contributed by atoms with Crippen molar-refractivity contribution in [3.05, 3.63) is 34.0 Å². The fourth-order valence-electron chi connectivity index (χ4n) is 1.24. The van der Waals surface area contributed by atoms with E-state index in [9.17, 15) is 9.18 Å². The minimum atomic E-state index is -0.492. The number of hydrogen-bond acceptors (Lipinski definition) is 4. The van der Waals surface area contributed by atoms with Gasteiger partial charge in [-0.05, 0) is 18.4 Å². The van der Waals surface area contributed by atoms with Gasteiger partial charge in [0.1, 0.15) is 16.4 Å². The molecule has 0 N–H and O–H groups in total. The summed E-state index contributed by atoms with van der Waals surface area (Å²) < 4.78 is 14.6. The molecule has 0 radical (unpaired) electrons. The molecular formula is C9H8FN3OS. The largest absolute Gasteiger partial charge is 0.286 e. The topological polar surface area (TPSA) is 47.8 Å². The number of halogens is 1. The highest BCUT2D eigenvalue weighted by Gasteiger charge is 2.19. The van der Waals surface area contributed by atoms with Gasteiger partial charge in [0, 0.05) is 6.54 Å². The third-order valence-corrected chi connectivity index (χ3v) is 2.86. The lowest BCUT2D eigenvalue weighted by Gasteiger charge is -1.99. The van der Waals surface area contributed by atoms with Gasteiger partial charge in [-0.1, -0.05) is 5.21 Å². The van der Waals surface area contributed by atoms with E-state index in [0.717, 1.165) is 11.3 Å². The van der Waals surface area contributed by atoms with Crippen LogP contribution < -0.4 is 0 Å². The van der Waals surface area contributed by atoms with Gasteiger partial charge in [-0.15, -0.1) is 16.4 Å². The van der Waals surface area contributed by atoms with Crippen LogP contribution in [0.4, 0.5) is 4.39 Å². The van der Waals surface area contributed by atoms with Gasteiger partial charge in [0.25, 0.3) is 0 Å². The van der Waals surface area contributed by atoms with Crippen molar-refractivity contribution < 1.29 is 9.18 Å². The highest BCUT2D eigenvalue weighted by molar-refractivity contribution is 7.12. The van der Waals surface area contributed by atoms with Crippen molar-refractivity contribution in [1.29, 1.82) is 0 Å². The Morgan fingerprint density at radius 1 is 1.67 bits per heavy atom. The van der Waals surface area contributed by atoms with Crippen molar-refractivity contribution in [3.63, 3.8) is 0 Å². The van der Waals surface area contributed by atoms with E-state index < -0.39 is 5.82 Å². The highest BCUT2D eigenvalue weighted by atomic mass is 32.1. The second-order valence-corrected chi connectivity index (χ2v) is 3.78. The molecule has 0 atom stereocenters. The molecule has 2 rings (SSSR count). The van der Waals surface area contributed by atoms with E-state index in [0.29, 0.717) is 12.2 Å². The molecule has 0 unspecified atom stereocenters. The van der Waals surface area contributed by atoms with Gasteiger partial charge in [-0.3, -0.25) is 4.79 Å². The summed E-state index contributed by atoms with van der Waals surface area (Å²) in [5, 5.41) is 8.90. The molecule has 0 fully saturated rings. The predicted molar refractivity (Wildman–Crippen MR) is 53.4 cm³/mol. The van der Waals surface area contributed by atoms with Gasteiger partial charge >= 0.3 is 0 Å². The van der Waals surface area contributed by atoms with Crippen LogP contribution in [0.15, 0.2) is 17.6 Å². The summed E-state index contributed by atoms with van der Waals surface area (Å²) in [5.74, 6) is -0.858. The average Bonchev–Trinajstić information content (AvgIpc) is 2.84. The van der Waals surface area contributed by atoms with Crippen molar-refractivity contribution in [3.8, 4) is 0 Å². The zero-order valence-corrected chi connectivity index (χ0v) is 8.79. The molecule has 15 heavy (non-hydrogen) atoms. The molecule has 2 aromatic rings. The summed E-state index contributed by atoms with van der Waals surface area (Å²) in [5.41, 5.74) is 0.318. The summed E-state index contributed by atoms with van der Waals surface area (Å²) >= 11 is 1.08. The number of rotatable bonds is 3. The van der Waals surface area contributed by atoms with Crippen LogP contribution >= 0.6 is 11.3 Å². The maximum atomic E-state index is 13.2. The second kappa shape index (κ2) is 3.90. The number of ketones is 1. The first-order chi connectivity index (χ1) is 7.24. The Morgan fingerprint density at radius 3 is 3.07 bits per heavy atom. The molecule has 2 aromatic heterocycles. The quantitative estimate of drug-likeness (QED) is 0.747. The molecule has 4 nitrogen and oxygen atoms in total. The first kappa shape index (κ1) is 9.97. The van der Waals surface area contributed by atoms with Gasteiger partial charge in [0.15, 0.2) is 0 Å². The van der Waals surface area contributed by atoms with Gasteiger partial charge in [-0.2, -0.15) is 0 Å². The third-order valence-electron chi connectivity index (χ3n) is 1.97. The van der Waals surface area contributed by atoms with Crippen molar-refractivity contribution in [2.75, 3.05) is 0 Å². The second-order valence-electron chi connectivity index (χ2n) is 2.86. The molecule has 0 amide bonds. The van der Waals surface area contributed by atoms with Crippen LogP contribution in [-0.4, -0.2) is 20.8 Å². The van der Waals surface area contributed by atoms with E-state index in [-0.39, 0.29) is 10.7 Å². The minimum absolute atomic E-state index is 0.104. The number of aryl methyl sites for hydroxylation is 1. The standard InChI is InChI=1S/C9H8FN3OS/c1-2-13-7(5-11-12-13)8(14)9-6(10)3-4-15-9/h3-5H,2H2,1H3. The number of aromatic nitrogens is 3. The normalized spacial score (nSPS) is 10.5. The maximum absolute atomic E-state index is 13.2. The SMILES string of the molecule is CCn1nncc1C(=O)c1sccc1F. The summed E-state index contributed by atoms with van der Waals surface area (Å²) in [7, 11) is 0. The Balaban J connectivity index is 2.41. The monoisotopic (exact) mass is 225 g/mol. The molecule has 0 saturated carbocycles. The fourth-order valence-corrected chi connectivity index (χ4v) is 1.96. The zero-order valence-electron chi connectivity index (χ0n) is 7.98. The Hall–Kier alpha value is -1.56. The van der Waals surface area contributed by atoms with Crippen LogP contribution in [0.2, 0.25) is 0 Å². The van der Waals surface area contributed by atoms with Crippen molar-refractivity contribution in [2.45, 2.75) is 13.5 Å². The third kappa shape index (κ3) is 1.68. The average molecular weight is 225 g/mol. The first-order valence-corrected chi connectivity index (χ1v) is 5.28. The van der Waals surface area contributed by atoms with Crippen molar-refractivity contribution >= 4 is 17.1 Å². The lowest BCUT2D eigenvalue weighted by atomic mass is 10.2. The summed E-state index contributed by atoms with van der Waals surface area (Å²) in [4.78, 5) is 11.9. The van der Waals surface area contributed by atoms with Crippen LogP contribution in [-0.2, 0) is 6.54 Å². The van der Waals surface area contributed by atoms with E-state index >= 15 is 0 Å². The molecule has 78 valence electrons. The number of hydrogen-bond donors (Lipinski definition) is 0. The molecular weight excluding hydrogens is 217 g/mol. The van der Waals surface area contributed by atoms with E-state index in [1.54, 1.807) is 5.38 Å². The Bertz CT molecular complexity index is 491.